The van der Waals surface area contributed by atoms with Gasteiger partial charge in [0.05, 0.1) is 0 Å². The Hall–Kier alpha value is -2.45. The quantitative estimate of drug-likeness (QED) is 0.428. The first-order valence-corrected chi connectivity index (χ1v) is 9.41. The van der Waals surface area contributed by atoms with Crippen molar-refractivity contribution in [1.29, 1.82) is 0 Å². The number of phenols is 3. The molecule has 142 valence electrons. The van der Waals surface area contributed by atoms with Crippen molar-refractivity contribution in [2.45, 2.75) is 26.7 Å². The molecule has 2 rings (SSSR count). The average molecular weight is 382 g/mol. The van der Waals surface area contributed by atoms with E-state index in [0.717, 1.165) is 11.1 Å². The maximum Gasteiger partial charge on any atom is 0.446 e. The highest BCUT2D eigenvalue weighted by molar-refractivity contribution is 7.81. The number of aromatic hydroxyl groups is 3. The topological polar surface area (TPSA) is 124 Å². The van der Waals surface area contributed by atoms with Gasteiger partial charge in [0, 0.05) is 0 Å². The standard InChI is InChI=1S/C18H22O7S/c1-11(7-13-3-5-15(19)17(21)9-13)12(2)8-14-4-6-16(20)18(10-14)25-26(22,23)24/h3-6,9-12,19-21H,7-8H2,1-2H3,(H,22,23,24)/t11-,12+/m1/s1. The first-order valence-electron chi connectivity index (χ1n) is 8.05. The highest BCUT2D eigenvalue weighted by atomic mass is 32.3. The predicted molar refractivity (Wildman–Crippen MR) is 95.8 cm³/mol. The Morgan fingerprint density at radius 1 is 0.846 bits per heavy atom. The van der Waals surface area contributed by atoms with Crippen molar-refractivity contribution in [2.24, 2.45) is 11.8 Å². The molecule has 0 aromatic heterocycles. The molecule has 7 nitrogen and oxygen atoms in total. The van der Waals surface area contributed by atoms with E-state index >= 15 is 0 Å². The minimum atomic E-state index is -4.71. The number of hydrogen-bond donors (Lipinski definition) is 4. The number of phenolic OH excluding ortho intramolecular Hbond substituents is 3. The van der Waals surface area contributed by atoms with Gasteiger partial charge in [0.15, 0.2) is 23.0 Å². The molecule has 0 saturated heterocycles. The van der Waals surface area contributed by atoms with E-state index in [0.29, 0.717) is 12.8 Å². The molecule has 2 aromatic carbocycles. The van der Waals surface area contributed by atoms with Gasteiger partial charge in [-0.15, -0.1) is 0 Å². The fourth-order valence-corrected chi connectivity index (χ4v) is 3.07. The van der Waals surface area contributed by atoms with Gasteiger partial charge in [-0.05, 0) is 60.1 Å². The second-order valence-electron chi connectivity index (χ2n) is 6.50. The van der Waals surface area contributed by atoms with Crippen molar-refractivity contribution in [3.63, 3.8) is 0 Å². The van der Waals surface area contributed by atoms with Crippen LogP contribution in [0, 0.1) is 11.8 Å². The molecule has 2 aromatic rings. The number of benzene rings is 2. The second-order valence-corrected chi connectivity index (χ2v) is 7.52. The van der Waals surface area contributed by atoms with Crippen LogP contribution in [0.3, 0.4) is 0 Å². The van der Waals surface area contributed by atoms with E-state index in [1.54, 1.807) is 12.1 Å². The van der Waals surface area contributed by atoms with Crippen LogP contribution < -0.4 is 4.18 Å². The van der Waals surface area contributed by atoms with Crippen molar-refractivity contribution in [2.75, 3.05) is 0 Å². The van der Waals surface area contributed by atoms with Crippen LogP contribution in [0.25, 0.3) is 0 Å². The lowest BCUT2D eigenvalue weighted by Crippen LogP contribution is -2.14. The van der Waals surface area contributed by atoms with Gasteiger partial charge in [0.2, 0.25) is 0 Å². The molecule has 26 heavy (non-hydrogen) atoms. The van der Waals surface area contributed by atoms with E-state index < -0.39 is 10.4 Å². The van der Waals surface area contributed by atoms with E-state index in [1.165, 1.54) is 24.3 Å². The van der Waals surface area contributed by atoms with Gasteiger partial charge < -0.3 is 19.5 Å². The van der Waals surface area contributed by atoms with E-state index in [1.807, 2.05) is 13.8 Å². The lowest BCUT2D eigenvalue weighted by molar-refractivity contribution is 0.367. The molecule has 0 fully saturated rings. The van der Waals surface area contributed by atoms with Crippen LogP contribution in [0.1, 0.15) is 25.0 Å². The Morgan fingerprint density at radius 2 is 1.35 bits per heavy atom. The molecule has 0 aliphatic carbocycles. The maximum absolute atomic E-state index is 10.8. The Labute approximate surface area is 152 Å². The summed E-state index contributed by atoms with van der Waals surface area (Å²) in [6, 6.07) is 9.06. The molecular formula is C18H22O7S. The molecular weight excluding hydrogens is 360 g/mol. The molecule has 0 spiro atoms. The normalized spacial score (nSPS) is 14.0. The van der Waals surface area contributed by atoms with Crippen molar-refractivity contribution < 1.29 is 32.5 Å². The molecule has 0 amide bonds. The Morgan fingerprint density at radius 3 is 1.85 bits per heavy atom. The molecule has 2 atom stereocenters. The fourth-order valence-electron chi connectivity index (χ4n) is 2.71. The molecule has 0 radical (unpaired) electrons. The van der Waals surface area contributed by atoms with Crippen LogP contribution in [0.5, 0.6) is 23.0 Å². The van der Waals surface area contributed by atoms with Gasteiger partial charge in [-0.2, -0.15) is 8.42 Å². The summed E-state index contributed by atoms with van der Waals surface area (Å²) in [6.07, 6.45) is 1.27. The summed E-state index contributed by atoms with van der Waals surface area (Å²) < 4.78 is 34.8. The SMILES string of the molecule is C[C@H](Cc1ccc(O)c(O)c1)[C@@H](C)Cc1ccc(O)c(OS(=O)(=O)O)c1. The maximum atomic E-state index is 10.8. The highest BCUT2D eigenvalue weighted by Gasteiger charge is 2.17. The fraction of sp³-hybridized carbons (Fsp3) is 0.333. The van der Waals surface area contributed by atoms with Gasteiger partial charge in [-0.1, -0.05) is 26.0 Å². The van der Waals surface area contributed by atoms with Crippen LogP contribution in [0.2, 0.25) is 0 Å². The second kappa shape index (κ2) is 7.84. The monoisotopic (exact) mass is 382 g/mol. The third-order valence-corrected chi connectivity index (χ3v) is 4.74. The van der Waals surface area contributed by atoms with Crippen molar-refractivity contribution in [1.82, 2.24) is 0 Å². The van der Waals surface area contributed by atoms with Crippen molar-refractivity contribution >= 4 is 10.4 Å². The van der Waals surface area contributed by atoms with Gasteiger partial charge in [-0.25, -0.2) is 0 Å². The summed E-state index contributed by atoms with van der Waals surface area (Å²) in [6.45, 7) is 4.08. The molecule has 0 bridgehead atoms. The summed E-state index contributed by atoms with van der Waals surface area (Å²) in [5.41, 5.74) is 1.63. The zero-order valence-corrected chi connectivity index (χ0v) is 15.3. The van der Waals surface area contributed by atoms with Crippen molar-refractivity contribution in [3.8, 4) is 23.0 Å². The number of rotatable bonds is 7. The summed E-state index contributed by atoms with van der Waals surface area (Å²) in [5, 5.41) is 28.6. The lowest BCUT2D eigenvalue weighted by Gasteiger charge is -2.20. The summed E-state index contributed by atoms with van der Waals surface area (Å²) >= 11 is 0. The average Bonchev–Trinajstić information content (AvgIpc) is 2.52. The van der Waals surface area contributed by atoms with Crippen LogP contribution in [0.15, 0.2) is 36.4 Å². The largest absolute Gasteiger partial charge is 0.504 e. The molecule has 8 heteroatoms. The smallest absolute Gasteiger partial charge is 0.446 e. The lowest BCUT2D eigenvalue weighted by atomic mass is 9.85. The zero-order chi connectivity index (χ0) is 19.5. The zero-order valence-electron chi connectivity index (χ0n) is 14.5. The third kappa shape index (κ3) is 5.53. The molecule has 0 saturated carbocycles. The van der Waals surface area contributed by atoms with Crippen molar-refractivity contribution in [3.05, 3.63) is 47.5 Å². The predicted octanol–water partition coefficient (Wildman–Crippen LogP) is 3.04. The van der Waals surface area contributed by atoms with Gasteiger partial charge >= 0.3 is 10.4 Å². The van der Waals surface area contributed by atoms with E-state index in [2.05, 4.69) is 4.18 Å². The van der Waals surface area contributed by atoms with Crippen LogP contribution >= 0.6 is 0 Å². The summed E-state index contributed by atoms with van der Waals surface area (Å²) in [7, 11) is -4.71. The Balaban J connectivity index is 2.07. The summed E-state index contributed by atoms with van der Waals surface area (Å²) in [5.74, 6) is -0.620. The van der Waals surface area contributed by atoms with E-state index in [-0.39, 0.29) is 34.8 Å². The van der Waals surface area contributed by atoms with Crippen LogP contribution in [0.4, 0.5) is 0 Å². The first-order chi connectivity index (χ1) is 12.0. The van der Waals surface area contributed by atoms with Crippen LogP contribution in [-0.2, 0) is 23.2 Å². The molecule has 4 N–H and O–H groups in total. The minimum Gasteiger partial charge on any atom is -0.504 e. The molecule has 0 unspecified atom stereocenters. The van der Waals surface area contributed by atoms with E-state index in [4.69, 9.17) is 4.55 Å². The van der Waals surface area contributed by atoms with Gasteiger partial charge in [0.1, 0.15) is 0 Å². The summed E-state index contributed by atoms with van der Waals surface area (Å²) in [4.78, 5) is 0. The Bertz CT molecular complexity index is 877. The minimum absolute atomic E-state index is 0.159. The molecule has 0 aliphatic heterocycles. The number of hydrogen-bond acceptors (Lipinski definition) is 6. The highest BCUT2D eigenvalue weighted by Crippen LogP contribution is 2.31. The molecule has 0 heterocycles. The van der Waals surface area contributed by atoms with E-state index in [9.17, 15) is 23.7 Å². The van der Waals surface area contributed by atoms with Gasteiger partial charge in [-0.3, -0.25) is 4.55 Å². The third-order valence-electron chi connectivity index (χ3n) is 4.35. The van der Waals surface area contributed by atoms with Gasteiger partial charge in [0.25, 0.3) is 0 Å². The first kappa shape index (κ1) is 19.9. The Kier molecular flexibility index (Phi) is 5.99. The molecule has 0 aliphatic rings. The van der Waals surface area contributed by atoms with Crippen LogP contribution in [-0.4, -0.2) is 28.3 Å².